The van der Waals surface area contributed by atoms with Gasteiger partial charge < -0.3 is 10.4 Å². The van der Waals surface area contributed by atoms with E-state index in [0.29, 0.717) is 24.9 Å². The quantitative estimate of drug-likeness (QED) is 0.461. The van der Waals surface area contributed by atoms with E-state index < -0.39 is 33.9 Å². The molecule has 0 saturated carbocycles. The highest BCUT2D eigenvalue weighted by molar-refractivity contribution is 7.88. The van der Waals surface area contributed by atoms with Crippen LogP contribution in [0.25, 0.3) is 11.1 Å². The maximum absolute atomic E-state index is 13.0. The molecule has 7 nitrogen and oxygen atoms in total. The van der Waals surface area contributed by atoms with E-state index in [0.717, 1.165) is 16.7 Å². The molecule has 0 spiro atoms. The van der Waals surface area contributed by atoms with Gasteiger partial charge in [0, 0.05) is 19.5 Å². The molecule has 4 rings (SSSR count). The highest BCUT2D eigenvalue weighted by Crippen LogP contribution is 2.23. The van der Waals surface area contributed by atoms with E-state index in [9.17, 15) is 23.1 Å². The van der Waals surface area contributed by atoms with Crippen LogP contribution in [0.15, 0.2) is 84.9 Å². The van der Waals surface area contributed by atoms with Gasteiger partial charge in [0.2, 0.25) is 15.9 Å². The Morgan fingerprint density at radius 1 is 0.889 bits per heavy atom. The molecule has 3 aromatic rings. The molecule has 0 aliphatic carbocycles. The van der Waals surface area contributed by atoms with Gasteiger partial charge in [0.1, 0.15) is 6.04 Å². The van der Waals surface area contributed by atoms with E-state index in [1.165, 1.54) is 4.31 Å². The lowest BCUT2D eigenvalue weighted by molar-refractivity contribution is -0.142. The molecule has 0 radical (unpaired) electrons. The van der Waals surface area contributed by atoms with Crippen molar-refractivity contribution in [2.75, 3.05) is 13.1 Å². The first kappa shape index (κ1) is 25.6. The topological polar surface area (TPSA) is 104 Å². The van der Waals surface area contributed by atoms with Gasteiger partial charge in [-0.1, -0.05) is 84.9 Å². The van der Waals surface area contributed by atoms with E-state index in [4.69, 9.17) is 0 Å². The van der Waals surface area contributed by atoms with Gasteiger partial charge in [-0.25, -0.2) is 17.5 Å². The average Bonchev–Trinajstić information content (AvgIpc) is 2.89. The summed E-state index contributed by atoms with van der Waals surface area (Å²) >= 11 is 0. The van der Waals surface area contributed by atoms with Crippen LogP contribution in [-0.2, 0) is 31.8 Å². The molecule has 2 atom stereocenters. The number of hydrogen-bond donors (Lipinski definition) is 2. The average molecular weight is 507 g/mol. The van der Waals surface area contributed by atoms with Crippen molar-refractivity contribution in [2.24, 2.45) is 5.92 Å². The molecule has 1 unspecified atom stereocenters. The van der Waals surface area contributed by atoms with Crippen molar-refractivity contribution >= 4 is 21.9 Å². The Hall–Kier alpha value is -3.49. The summed E-state index contributed by atoms with van der Waals surface area (Å²) in [6.45, 7) is 0.411. The van der Waals surface area contributed by atoms with Gasteiger partial charge in [-0.3, -0.25) is 4.79 Å². The molecule has 1 aliphatic heterocycles. The van der Waals surface area contributed by atoms with Crippen molar-refractivity contribution in [1.82, 2.24) is 9.62 Å². The number of carbonyl (C=O) groups is 2. The zero-order chi connectivity index (χ0) is 25.5. The lowest BCUT2D eigenvalue weighted by Gasteiger charge is -2.32. The number of aliphatic carboxylic acids is 1. The fourth-order valence-corrected chi connectivity index (χ4v) is 6.09. The van der Waals surface area contributed by atoms with Gasteiger partial charge in [0.05, 0.1) is 11.7 Å². The van der Waals surface area contributed by atoms with Gasteiger partial charge in [-0.05, 0) is 35.1 Å². The van der Waals surface area contributed by atoms with E-state index in [-0.39, 0.29) is 18.7 Å². The van der Waals surface area contributed by atoms with Crippen molar-refractivity contribution in [3.63, 3.8) is 0 Å². The third kappa shape index (κ3) is 6.59. The van der Waals surface area contributed by atoms with Crippen LogP contribution in [0.2, 0.25) is 0 Å². The highest BCUT2D eigenvalue weighted by Gasteiger charge is 2.34. The number of carbonyl (C=O) groups excluding carboxylic acids is 1. The number of amides is 1. The number of nitrogens with one attached hydrogen (secondary N) is 1. The largest absolute Gasteiger partial charge is 0.480 e. The number of carboxylic acid groups (broad SMARTS) is 1. The normalized spacial score (nSPS) is 17.3. The third-order valence-electron chi connectivity index (χ3n) is 6.46. The lowest BCUT2D eigenvalue weighted by Crippen LogP contribution is -2.50. The van der Waals surface area contributed by atoms with Crippen molar-refractivity contribution in [3.8, 4) is 11.1 Å². The van der Waals surface area contributed by atoms with Crippen LogP contribution in [0.5, 0.6) is 0 Å². The molecule has 1 amide bonds. The first-order valence-corrected chi connectivity index (χ1v) is 13.6. The molecule has 188 valence electrons. The van der Waals surface area contributed by atoms with Crippen molar-refractivity contribution in [1.29, 1.82) is 0 Å². The number of hydrogen-bond acceptors (Lipinski definition) is 4. The number of piperidine rings is 1. The SMILES string of the molecule is O=C(N[C@@H](Cc1ccc(-c2ccccc2)cc1)C(=O)O)C1CCCN(S(=O)(=O)Cc2ccccc2)C1. The summed E-state index contributed by atoms with van der Waals surface area (Å²) in [5.74, 6) is -2.27. The van der Waals surface area contributed by atoms with E-state index >= 15 is 0 Å². The maximum atomic E-state index is 13.0. The first-order valence-electron chi connectivity index (χ1n) is 12.0. The van der Waals surface area contributed by atoms with Crippen molar-refractivity contribution in [3.05, 3.63) is 96.1 Å². The second-order valence-corrected chi connectivity index (χ2v) is 11.1. The minimum atomic E-state index is -3.59. The summed E-state index contributed by atoms with van der Waals surface area (Å²) in [6, 6.07) is 25.3. The van der Waals surface area contributed by atoms with Crippen LogP contribution in [0, 0.1) is 5.92 Å². The van der Waals surface area contributed by atoms with Crippen LogP contribution >= 0.6 is 0 Å². The number of sulfonamides is 1. The zero-order valence-corrected chi connectivity index (χ0v) is 20.7. The molecule has 8 heteroatoms. The Balaban J connectivity index is 1.38. The number of benzene rings is 3. The number of nitrogens with zero attached hydrogens (tertiary/aromatic N) is 1. The Morgan fingerprint density at radius 2 is 1.50 bits per heavy atom. The van der Waals surface area contributed by atoms with Gasteiger partial charge >= 0.3 is 5.97 Å². The van der Waals surface area contributed by atoms with E-state index in [1.807, 2.05) is 60.7 Å². The molecule has 0 bridgehead atoms. The summed E-state index contributed by atoms with van der Waals surface area (Å²) in [4.78, 5) is 24.9. The number of carboxylic acids is 1. The van der Waals surface area contributed by atoms with Crippen molar-refractivity contribution in [2.45, 2.75) is 31.1 Å². The van der Waals surface area contributed by atoms with Gasteiger partial charge in [0.25, 0.3) is 0 Å². The van der Waals surface area contributed by atoms with Crippen molar-refractivity contribution < 1.29 is 23.1 Å². The minimum Gasteiger partial charge on any atom is -0.480 e. The monoisotopic (exact) mass is 506 g/mol. The fourth-order valence-electron chi connectivity index (χ4n) is 4.47. The van der Waals surface area contributed by atoms with Gasteiger partial charge in [-0.15, -0.1) is 0 Å². The summed E-state index contributed by atoms with van der Waals surface area (Å²) in [6.07, 6.45) is 1.20. The molecular weight excluding hydrogens is 476 g/mol. The van der Waals surface area contributed by atoms with E-state index in [1.54, 1.807) is 24.3 Å². The molecule has 3 aromatic carbocycles. The van der Waals surface area contributed by atoms with Gasteiger partial charge in [0.15, 0.2) is 0 Å². The molecule has 1 aliphatic rings. The molecule has 1 saturated heterocycles. The summed E-state index contributed by atoms with van der Waals surface area (Å²) in [5.41, 5.74) is 3.57. The highest BCUT2D eigenvalue weighted by atomic mass is 32.2. The molecule has 36 heavy (non-hydrogen) atoms. The molecular formula is C28H30N2O5S. The first-order chi connectivity index (χ1) is 17.3. The van der Waals surface area contributed by atoms with Crippen LogP contribution in [-0.4, -0.2) is 48.8 Å². The lowest BCUT2D eigenvalue weighted by atomic mass is 9.97. The molecule has 1 fully saturated rings. The third-order valence-corrected chi connectivity index (χ3v) is 8.27. The van der Waals surface area contributed by atoms with Crippen LogP contribution in [0.1, 0.15) is 24.0 Å². The Labute approximate surface area is 211 Å². The zero-order valence-electron chi connectivity index (χ0n) is 19.9. The Bertz CT molecular complexity index is 1280. The Morgan fingerprint density at radius 3 is 2.14 bits per heavy atom. The smallest absolute Gasteiger partial charge is 0.326 e. The minimum absolute atomic E-state index is 0.0547. The predicted octanol–water partition coefficient (Wildman–Crippen LogP) is 3.71. The summed E-state index contributed by atoms with van der Waals surface area (Å²) < 4.78 is 27.2. The van der Waals surface area contributed by atoms with Crippen LogP contribution < -0.4 is 5.32 Å². The second-order valence-electron chi connectivity index (χ2n) is 9.11. The van der Waals surface area contributed by atoms with E-state index in [2.05, 4.69) is 5.32 Å². The van der Waals surface area contributed by atoms with Gasteiger partial charge in [-0.2, -0.15) is 0 Å². The standard InChI is InChI=1S/C28H30N2O5S/c31-27(25-12-7-17-30(19-25)36(34,35)20-22-8-3-1-4-9-22)29-26(28(32)33)18-21-13-15-24(16-14-21)23-10-5-2-6-11-23/h1-6,8-11,13-16,25-26H,7,12,17-20H2,(H,29,31)(H,32,33)/t25?,26-/m0/s1. The second kappa shape index (κ2) is 11.5. The number of rotatable bonds is 9. The molecule has 0 aromatic heterocycles. The van der Waals surface area contributed by atoms with Crippen LogP contribution in [0.3, 0.4) is 0 Å². The van der Waals surface area contributed by atoms with Crippen LogP contribution in [0.4, 0.5) is 0 Å². The summed E-state index contributed by atoms with van der Waals surface area (Å²) in [5, 5.41) is 12.4. The molecule has 2 N–H and O–H groups in total. The maximum Gasteiger partial charge on any atom is 0.326 e. The Kier molecular flexibility index (Phi) is 8.18. The fraction of sp³-hybridized carbons (Fsp3) is 0.286. The summed E-state index contributed by atoms with van der Waals surface area (Å²) in [7, 11) is -3.59. The predicted molar refractivity (Wildman–Crippen MR) is 139 cm³/mol. The molecule has 1 heterocycles.